The number of carbonyl (C=O) groups is 1. The van der Waals surface area contributed by atoms with E-state index in [1.54, 1.807) is 18.2 Å². The van der Waals surface area contributed by atoms with Crippen molar-refractivity contribution in [3.63, 3.8) is 0 Å². The number of aliphatic hydroxyl groups is 1. The molecule has 0 spiro atoms. The van der Waals surface area contributed by atoms with E-state index in [0.717, 1.165) is 10.5 Å². The number of amides is 1. The number of aryl methyl sites for hydroxylation is 1. The molecule has 0 aliphatic heterocycles. The molecule has 1 N–H and O–H groups in total. The van der Waals surface area contributed by atoms with Crippen molar-refractivity contribution in [1.82, 2.24) is 4.90 Å². The molecule has 0 saturated carbocycles. The molecule has 0 fully saturated rings. The van der Waals surface area contributed by atoms with Crippen LogP contribution in [-0.2, 0) is 0 Å². The first kappa shape index (κ1) is 15.2. The maximum atomic E-state index is 12.4. The van der Waals surface area contributed by atoms with E-state index in [1.807, 2.05) is 19.1 Å². The van der Waals surface area contributed by atoms with Gasteiger partial charge in [-0.2, -0.15) is 10.5 Å². The topological polar surface area (TPSA) is 88.1 Å². The highest BCUT2D eigenvalue weighted by atomic mass is 16.2. The first-order valence-corrected chi connectivity index (χ1v) is 5.87. The Morgan fingerprint density at radius 1 is 1.30 bits per heavy atom. The summed E-state index contributed by atoms with van der Waals surface area (Å²) in [6.45, 7) is 1.21. The van der Waals surface area contributed by atoms with E-state index in [2.05, 4.69) is 11.8 Å². The molecule has 0 bridgehead atoms. The van der Waals surface area contributed by atoms with Crippen molar-refractivity contribution in [3.05, 3.63) is 34.9 Å². The van der Waals surface area contributed by atoms with Crippen molar-refractivity contribution >= 4 is 5.91 Å². The van der Waals surface area contributed by atoms with Crippen LogP contribution in [0.4, 0.5) is 0 Å². The summed E-state index contributed by atoms with van der Waals surface area (Å²) in [6.07, 6.45) is 0. The molecule has 0 unspecified atom stereocenters. The second-order valence-corrected chi connectivity index (χ2v) is 3.99. The van der Waals surface area contributed by atoms with Crippen LogP contribution >= 0.6 is 0 Å². The average molecular weight is 267 g/mol. The lowest BCUT2D eigenvalue weighted by Crippen LogP contribution is -2.32. The van der Waals surface area contributed by atoms with E-state index in [1.165, 1.54) is 0 Å². The minimum absolute atomic E-state index is 0.160. The number of nitrogens with zero attached hydrogens (tertiary/aromatic N) is 3. The molecule has 1 aromatic carbocycles. The lowest BCUT2D eigenvalue weighted by Gasteiger charge is -2.17. The predicted octanol–water partition coefficient (Wildman–Crippen LogP) is 0.828. The van der Waals surface area contributed by atoms with Crippen LogP contribution < -0.4 is 0 Å². The van der Waals surface area contributed by atoms with Gasteiger partial charge >= 0.3 is 0 Å². The Balaban J connectivity index is 3.22. The summed E-state index contributed by atoms with van der Waals surface area (Å²) in [5.41, 5.74) is 1.67. The molecule has 0 aliphatic carbocycles. The van der Waals surface area contributed by atoms with Gasteiger partial charge < -0.3 is 10.0 Å². The maximum absolute atomic E-state index is 12.4. The Morgan fingerprint density at radius 2 is 1.95 bits per heavy atom. The second kappa shape index (κ2) is 7.59. The van der Waals surface area contributed by atoms with Crippen LogP contribution in [-0.4, -0.2) is 35.6 Å². The van der Waals surface area contributed by atoms with Crippen molar-refractivity contribution in [3.8, 4) is 24.0 Å². The summed E-state index contributed by atoms with van der Waals surface area (Å²) in [7, 11) is 0. The average Bonchev–Trinajstić information content (AvgIpc) is 2.45. The van der Waals surface area contributed by atoms with Gasteiger partial charge in [0.05, 0.1) is 17.7 Å². The monoisotopic (exact) mass is 267 g/mol. The lowest BCUT2D eigenvalue weighted by molar-refractivity contribution is 0.0794. The Hall–Kier alpha value is -2.81. The Labute approximate surface area is 117 Å². The van der Waals surface area contributed by atoms with Crippen molar-refractivity contribution in [1.29, 1.82) is 10.5 Å². The van der Waals surface area contributed by atoms with Gasteiger partial charge in [-0.1, -0.05) is 23.5 Å². The van der Waals surface area contributed by atoms with Gasteiger partial charge in [0.15, 0.2) is 0 Å². The van der Waals surface area contributed by atoms with Gasteiger partial charge in [-0.25, -0.2) is 0 Å². The van der Waals surface area contributed by atoms with Crippen LogP contribution in [0.2, 0.25) is 0 Å². The number of benzene rings is 1. The van der Waals surface area contributed by atoms with Gasteiger partial charge in [0.25, 0.3) is 5.91 Å². The number of hydrogen-bond acceptors (Lipinski definition) is 4. The standard InChI is InChI=1S/C15H13N3O2/c1-12-4-5-13(3-2-10-19)14(11-12)15(20)18(8-6-16)9-7-17/h4-5,11,19H,8-10H2,1H3. The van der Waals surface area contributed by atoms with Gasteiger partial charge in [-0.05, 0) is 19.1 Å². The van der Waals surface area contributed by atoms with Crippen molar-refractivity contribution in [2.24, 2.45) is 0 Å². The van der Waals surface area contributed by atoms with Crippen LogP contribution in [0.1, 0.15) is 21.5 Å². The zero-order valence-electron chi connectivity index (χ0n) is 11.1. The van der Waals surface area contributed by atoms with Crippen molar-refractivity contribution < 1.29 is 9.90 Å². The quantitative estimate of drug-likeness (QED) is 0.649. The van der Waals surface area contributed by atoms with E-state index in [0.29, 0.717) is 11.1 Å². The van der Waals surface area contributed by atoms with E-state index in [-0.39, 0.29) is 19.7 Å². The minimum atomic E-state index is -0.418. The third-order valence-electron chi connectivity index (χ3n) is 2.52. The third-order valence-corrected chi connectivity index (χ3v) is 2.52. The molecular formula is C15H13N3O2. The normalized spacial score (nSPS) is 8.80. The Kier molecular flexibility index (Phi) is 5.78. The molecule has 5 nitrogen and oxygen atoms in total. The summed E-state index contributed by atoms with van der Waals surface area (Å²) in [5, 5.41) is 26.2. The maximum Gasteiger partial charge on any atom is 0.256 e. The second-order valence-electron chi connectivity index (χ2n) is 3.99. The summed E-state index contributed by atoms with van der Waals surface area (Å²) >= 11 is 0. The molecule has 1 rings (SSSR count). The molecule has 5 heteroatoms. The van der Waals surface area contributed by atoms with Gasteiger partial charge in [0.1, 0.15) is 19.7 Å². The van der Waals surface area contributed by atoms with Crippen LogP contribution in [0.25, 0.3) is 0 Å². The van der Waals surface area contributed by atoms with E-state index >= 15 is 0 Å². The molecular weight excluding hydrogens is 254 g/mol. The predicted molar refractivity (Wildman–Crippen MR) is 72.3 cm³/mol. The molecule has 100 valence electrons. The molecule has 0 radical (unpaired) electrons. The van der Waals surface area contributed by atoms with Crippen LogP contribution in [0, 0.1) is 41.4 Å². The molecule has 0 atom stereocenters. The molecule has 0 heterocycles. The van der Waals surface area contributed by atoms with Gasteiger partial charge in [0, 0.05) is 5.56 Å². The van der Waals surface area contributed by atoms with E-state index in [4.69, 9.17) is 15.6 Å². The smallest absolute Gasteiger partial charge is 0.256 e. The summed E-state index contributed by atoms with van der Waals surface area (Å²) in [6, 6.07) is 8.86. The highest BCUT2D eigenvalue weighted by Gasteiger charge is 2.18. The van der Waals surface area contributed by atoms with Crippen LogP contribution in [0.5, 0.6) is 0 Å². The number of carbonyl (C=O) groups excluding carboxylic acids is 1. The SMILES string of the molecule is Cc1ccc(C#CCO)c(C(=O)N(CC#N)CC#N)c1. The molecule has 20 heavy (non-hydrogen) atoms. The zero-order chi connectivity index (χ0) is 15.0. The molecule has 0 aromatic heterocycles. The zero-order valence-corrected chi connectivity index (χ0v) is 11.1. The van der Waals surface area contributed by atoms with Gasteiger partial charge in [0.2, 0.25) is 0 Å². The Morgan fingerprint density at radius 3 is 2.50 bits per heavy atom. The molecule has 1 aromatic rings. The highest BCUT2D eigenvalue weighted by Crippen LogP contribution is 2.13. The highest BCUT2D eigenvalue weighted by molar-refractivity contribution is 5.97. The number of hydrogen-bond donors (Lipinski definition) is 1. The lowest BCUT2D eigenvalue weighted by atomic mass is 10.0. The summed E-state index contributed by atoms with van der Waals surface area (Å²) in [4.78, 5) is 13.5. The molecule has 0 saturated heterocycles. The van der Waals surface area contributed by atoms with Gasteiger partial charge in [-0.3, -0.25) is 4.79 Å². The van der Waals surface area contributed by atoms with Crippen LogP contribution in [0.3, 0.4) is 0 Å². The number of nitriles is 2. The minimum Gasteiger partial charge on any atom is -0.384 e. The number of rotatable bonds is 3. The van der Waals surface area contributed by atoms with Gasteiger partial charge in [-0.15, -0.1) is 0 Å². The van der Waals surface area contributed by atoms with Crippen molar-refractivity contribution in [2.45, 2.75) is 6.92 Å². The van der Waals surface area contributed by atoms with Crippen molar-refractivity contribution in [2.75, 3.05) is 19.7 Å². The fraction of sp³-hybridized carbons (Fsp3) is 0.267. The Bertz CT molecular complexity index is 626. The fourth-order valence-corrected chi connectivity index (χ4v) is 1.62. The summed E-state index contributed by atoms with van der Waals surface area (Å²) in [5.74, 6) is 4.77. The van der Waals surface area contributed by atoms with E-state index < -0.39 is 5.91 Å². The first-order valence-electron chi connectivity index (χ1n) is 5.87. The largest absolute Gasteiger partial charge is 0.384 e. The molecule has 0 aliphatic rings. The van der Waals surface area contributed by atoms with Crippen LogP contribution in [0.15, 0.2) is 18.2 Å². The summed E-state index contributed by atoms with van der Waals surface area (Å²) < 4.78 is 0. The number of aliphatic hydroxyl groups excluding tert-OH is 1. The molecule has 1 amide bonds. The van der Waals surface area contributed by atoms with E-state index in [9.17, 15) is 4.79 Å². The fourth-order valence-electron chi connectivity index (χ4n) is 1.62. The first-order chi connectivity index (χ1) is 9.63. The third kappa shape index (κ3) is 3.85.